The van der Waals surface area contributed by atoms with E-state index in [-0.39, 0.29) is 30.2 Å². The Bertz CT molecular complexity index is 1630. The number of H-pyrrole nitrogens is 1. The number of halogens is 1. The van der Waals surface area contributed by atoms with Gasteiger partial charge >= 0.3 is 0 Å². The molecule has 3 aromatic carbocycles. The van der Waals surface area contributed by atoms with Crippen molar-refractivity contribution in [1.29, 1.82) is 0 Å². The van der Waals surface area contributed by atoms with Crippen LogP contribution in [0.5, 0.6) is 0 Å². The molecule has 3 atom stereocenters. The fourth-order valence-corrected chi connectivity index (χ4v) is 6.26. The zero-order chi connectivity index (χ0) is 28.0. The molecule has 0 radical (unpaired) electrons. The smallest absolute Gasteiger partial charge is 0.255 e. The van der Waals surface area contributed by atoms with Crippen LogP contribution in [-0.4, -0.2) is 39.7 Å². The maximum absolute atomic E-state index is 14.0. The molecule has 40 heavy (non-hydrogen) atoms. The summed E-state index contributed by atoms with van der Waals surface area (Å²) in [5.41, 5.74) is 5.24. The number of amides is 3. The molecule has 1 aromatic heterocycles. The monoisotopic (exact) mass is 554 g/mol. The molecule has 1 unspecified atom stereocenters. The van der Waals surface area contributed by atoms with E-state index in [1.54, 1.807) is 11.0 Å². The van der Waals surface area contributed by atoms with Crippen LogP contribution in [-0.2, 0) is 22.6 Å². The highest BCUT2D eigenvalue weighted by atomic mass is 35.5. The number of carbonyl (C=O) groups excluding carboxylic acids is 3. The molecule has 0 saturated heterocycles. The van der Waals surface area contributed by atoms with Crippen molar-refractivity contribution in [1.82, 2.24) is 20.5 Å². The number of hydrogen-bond acceptors (Lipinski definition) is 3. The summed E-state index contributed by atoms with van der Waals surface area (Å²) in [6.07, 6.45) is 0.819. The van der Waals surface area contributed by atoms with E-state index in [0.717, 1.165) is 33.3 Å². The van der Waals surface area contributed by atoms with Crippen LogP contribution >= 0.6 is 11.6 Å². The van der Waals surface area contributed by atoms with Gasteiger partial charge in [0.2, 0.25) is 11.8 Å². The van der Waals surface area contributed by atoms with Crippen molar-refractivity contribution in [3.05, 3.63) is 106 Å². The highest BCUT2D eigenvalue weighted by Gasteiger charge is 2.49. The Labute approximate surface area is 237 Å². The lowest BCUT2D eigenvalue weighted by Gasteiger charge is -2.37. The fourth-order valence-electron chi connectivity index (χ4n) is 6.06. The number of carbonyl (C=O) groups is 3. The van der Waals surface area contributed by atoms with E-state index >= 15 is 0 Å². The number of rotatable bonds is 7. The van der Waals surface area contributed by atoms with Crippen molar-refractivity contribution in [2.45, 2.75) is 51.4 Å². The van der Waals surface area contributed by atoms with Crippen LogP contribution in [0.25, 0.3) is 10.9 Å². The highest BCUT2D eigenvalue weighted by Crippen LogP contribution is 2.46. The van der Waals surface area contributed by atoms with E-state index in [0.29, 0.717) is 23.4 Å². The summed E-state index contributed by atoms with van der Waals surface area (Å²) in [5, 5.41) is 7.56. The van der Waals surface area contributed by atoms with Crippen molar-refractivity contribution in [2.75, 3.05) is 0 Å². The van der Waals surface area contributed by atoms with E-state index in [2.05, 4.69) is 15.6 Å². The third-order valence-corrected chi connectivity index (χ3v) is 8.27. The molecule has 0 spiro atoms. The first kappa shape index (κ1) is 26.1. The van der Waals surface area contributed by atoms with Gasteiger partial charge < -0.3 is 20.5 Å². The number of aromatic amines is 1. The lowest BCUT2D eigenvalue weighted by atomic mass is 9.89. The Morgan fingerprint density at radius 2 is 1.75 bits per heavy atom. The van der Waals surface area contributed by atoms with Crippen molar-refractivity contribution in [3.63, 3.8) is 0 Å². The molecule has 4 aromatic rings. The molecular formula is C32H31ClN4O3. The summed E-state index contributed by atoms with van der Waals surface area (Å²) in [6, 6.07) is 21.0. The Hall–Kier alpha value is -4.10. The lowest BCUT2D eigenvalue weighted by Crippen LogP contribution is -2.56. The van der Waals surface area contributed by atoms with Gasteiger partial charge in [-0.1, -0.05) is 80.0 Å². The molecule has 2 aliphatic heterocycles. The minimum Gasteiger partial charge on any atom is -0.356 e. The second-order valence-corrected chi connectivity index (χ2v) is 11.4. The Balaban J connectivity index is 1.31. The van der Waals surface area contributed by atoms with Gasteiger partial charge in [0.15, 0.2) is 0 Å². The molecule has 2 aliphatic rings. The van der Waals surface area contributed by atoms with Gasteiger partial charge in [-0.25, -0.2) is 0 Å². The molecule has 0 saturated carbocycles. The van der Waals surface area contributed by atoms with Crippen LogP contribution in [0.2, 0.25) is 5.02 Å². The van der Waals surface area contributed by atoms with Crippen molar-refractivity contribution in [2.24, 2.45) is 5.92 Å². The molecule has 8 heteroatoms. The topological polar surface area (TPSA) is 94.3 Å². The number of para-hydroxylation sites is 1. The standard InChI is InChI=1S/C32H31ClN4O3/c1-18(2)15-26(30(38)34-17-19-9-3-7-13-24(19)33)36-31(39)27-16-23-20-10-6-8-14-25(20)35-28(23)29-21-11-4-5-12-22(21)32(40)37(27)29/h3-14,18,26-27,29,35H,15-17H2,1-2H3,(H,34,38)(H,36,39)/t26-,27-,29?/m0/s1. The Morgan fingerprint density at radius 1 is 1.02 bits per heavy atom. The van der Waals surface area contributed by atoms with Crippen molar-refractivity contribution in [3.8, 4) is 0 Å². The first-order valence-corrected chi connectivity index (χ1v) is 14.0. The SMILES string of the molecule is CC(C)C[C@H](NC(=O)[C@@H]1Cc2c([nH]c3ccccc23)C2c3ccccc3C(=O)N21)C(=O)NCc1ccccc1Cl. The number of nitrogens with zero attached hydrogens (tertiary/aromatic N) is 1. The van der Waals surface area contributed by atoms with Gasteiger partial charge in [0, 0.05) is 40.1 Å². The average molecular weight is 555 g/mol. The van der Waals surface area contributed by atoms with Crippen molar-refractivity contribution < 1.29 is 14.4 Å². The third kappa shape index (κ3) is 4.54. The number of fused-ring (bicyclic) bond motifs is 7. The van der Waals surface area contributed by atoms with E-state index < -0.39 is 18.1 Å². The van der Waals surface area contributed by atoms with Gasteiger partial charge in [0.1, 0.15) is 12.1 Å². The number of aromatic nitrogens is 1. The van der Waals surface area contributed by atoms with Crippen LogP contribution in [0.1, 0.15) is 59.1 Å². The average Bonchev–Trinajstić information content (AvgIpc) is 3.47. The second kappa shape index (κ2) is 10.5. The maximum Gasteiger partial charge on any atom is 0.255 e. The molecular weight excluding hydrogens is 524 g/mol. The number of benzene rings is 3. The van der Waals surface area contributed by atoms with Crippen LogP contribution in [0.3, 0.4) is 0 Å². The molecule has 0 bridgehead atoms. The predicted molar refractivity (Wildman–Crippen MR) is 155 cm³/mol. The summed E-state index contributed by atoms with van der Waals surface area (Å²) in [7, 11) is 0. The van der Waals surface area contributed by atoms with E-state index in [9.17, 15) is 14.4 Å². The summed E-state index contributed by atoms with van der Waals surface area (Å²) < 4.78 is 0. The molecule has 0 fully saturated rings. The number of hydrogen-bond donors (Lipinski definition) is 3. The minimum atomic E-state index is -0.761. The van der Waals surface area contributed by atoms with Gasteiger partial charge in [-0.05, 0) is 47.2 Å². The third-order valence-electron chi connectivity index (χ3n) is 7.91. The van der Waals surface area contributed by atoms with Gasteiger partial charge in [0.05, 0.1) is 6.04 Å². The quantitative estimate of drug-likeness (QED) is 0.295. The summed E-state index contributed by atoms with van der Waals surface area (Å²) in [4.78, 5) is 46.3. The second-order valence-electron chi connectivity index (χ2n) is 11.0. The molecule has 7 nitrogen and oxygen atoms in total. The van der Waals surface area contributed by atoms with E-state index in [1.165, 1.54) is 0 Å². The highest BCUT2D eigenvalue weighted by molar-refractivity contribution is 6.31. The van der Waals surface area contributed by atoms with Gasteiger partial charge in [-0.3, -0.25) is 14.4 Å². The first-order valence-electron chi connectivity index (χ1n) is 13.7. The van der Waals surface area contributed by atoms with Crippen LogP contribution in [0.4, 0.5) is 0 Å². The zero-order valence-electron chi connectivity index (χ0n) is 22.4. The van der Waals surface area contributed by atoms with Crippen LogP contribution in [0, 0.1) is 5.92 Å². The molecule has 204 valence electrons. The fraction of sp³-hybridized carbons (Fsp3) is 0.281. The summed E-state index contributed by atoms with van der Waals surface area (Å²) in [5.74, 6) is -0.624. The lowest BCUT2D eigenvalue weighted by molar-refractivity contribution is -0.132. The van der Waals surface area contributed by atoms with Crippen LogP contribution < -0.4 is 10.6 Å². The Morgan fingerprint density at radius 3 is 2.55 bits per heavy atom. The minimum absolute atomic E-state index is 0.161. The predicted octanol–water partition coefficient (Wildman–Crippen LogP) is 5.14. The zero-order valence-corrected chi connectivity index (χ0v) is 23.2. The maximum atomic E-state index is 14.0. The molecule has 3 amide bonds. The Kier molecular flexibility index (Phi) is 6.84. The van der Waals surface area contributed by atoms with Crippen LogP contribution in [0.15, 0.2) is 72.8 Å². The van der Waals surface area contributed by atoms with Gasteiger partial charge in [0.25, 0.3) is 5.91 Å². The van der Waals surface area contributed by atoms with E-state index in [4.69, 9.17) is 11.6 Å². The molecule has 3 heterocycles. The molecule has 3 N–H and O–H groups in total. The normalized spacial score (nSPS) is 18.3. The van der Waals surface area contributed by atoms with Gasteiger partial charge in [-0.2, -0.15) is 0 Å². The van der Waals surface area contributed by atoms with Gasteiger partial charge in [-0.15, -0.1) is 0 Å². The summed E-state index contributed by atoms with van der Waals surface area (Å²) >= 11 is 6.27. The first-order chi connectivity index (χ1) is 19.3. The molecule has 0 aliphatic carbocycles. The number of nitrogens with one attached hydrogen (secondary N) is 3. The largest absolute Gasteiger partial charge is 0.356 e. The van der Waals surface area contributed by atoms with Crippen molar-refractivity contribution >= 4 is 40.2 Å². The molecule has 6 rings (SSSR count). The van der Waals surface area contributed by atoms with E-state index in [1.807, 2.05) is 80.6 Å². The summed E-state index contributed by atoms with van der Waals surface area (Å²) in [6.45, 7) is 4.28.